The van der Waals surface area contributed by atoms with Gasteiger partial charge in [-0.15, -0.1) is 0 Å². The van der Waals surface area contributed by atoms with Gasteiger partial charge in [-0.3, -0.25) is 0 Å². The van der Waals surface area contributed by atoms with E-state index < -0.39 is 41.9 Å². The number of esters is 1. The number of carbonyl (C=O) groups excluding carboxylic acids is 1. The predicted molar refractivity (Wildman–Crippen MR) is 121 cm³/mol. The Morgan fingerprint density at radius 3 is 2.59 bits per heavy atom. The Balaban J connectivity index is 2.46. The van der Waals surface area contributed by atoms with Crippen LogP contribution in [-0.4, -0.2) is 70.6 Å². The first-order valence-electron chi connectivity index (χ1n) is 11.2. The second kappa shape index (κ2) is 11.4. The van der Waals surface area contributed by atoms with E-state index in [-0.39, 0.29) is 25.4 Å². The van der Waals surface area contributed by atoms with E-state index in [0.29, 0.717) is 12.0 Å². The lowest BCUT2D eigenvalue weighted by molar-refractivity contribution is -0.165. The molecule has 7 nitrogen and oxygen atoms in total. The SMILES string of the molecule is CO[C@@H]1C[C@@H](/C(C)=C\[C@@H](C)CO)OC(=O)[C@H](O)[C@@H](O)Cc2cccc(c2)C(C)(C)[C@@H](O)C1. The predicted octanol–water partition coefficient (Wildman–Crippen LogP) is 1.88. The largest absolute Gasteiger partial charge is 0.456 e. The summed E-state index contributed by atoms with van der Waals surface area (Å²) in [7, 11) is 1.54. The van der Waals surface area contributed by atoms with Gasteiger partial charge in [0.05, 0.1) is 18.3 Å². The Bertz CT molecular complexity index is 788. The zero-order valence-corrected chi connectivity index (χ0v) is 19.7. The fraction of sp³-hybridized carbons (Fsp3) is 0.640. The van der Waals surface area contributed by atoms with E-state index in [1.54, 1.807) is 14.0 Å². The van der Waals surface area contributed by atoms with Crippen LogP contribution in [0.4, 0.5) is 0 Å². The summed E-state index contributed by atoms with van der Waals surface area (Å²) in [6.45, 7) is 7.46. The van der Waals surface area contributed by atoms with Crippen molar-refractivity contribution in [1.29, 1.82) is 0 Å². The topological polar surface area (TPSA) is 116 Å². The summed E-state index contributed by atoms with van der Waals surface area (Å²) in [6.07, 6.45) is -2.49. The van der Waals surface area contributed by atoms with Gasteiger partial charge in [0, 0.05) is 38.4 Å². The molecule has 4 N–H and O–H groups in total. The van der Waals surface area contributed by atoms with Gasteiger partial charge in [-0.2, -0.15) is 0 Å². The number of ether oxygens (including phenoxy) is 2. The molecule has 2 bridgehead atoms. The molecular formula is C25H38O7. The molecule has 0 aromatic heterocycles. The van der Waals surface area contributed by atoms with Crippen molar-refractivity contribution in [2.45, 2.75) is 82.9 Å². The molecule has 1 aromatic carbocycles. The number of hydrogen-bond donors (Lipinski definition) is 4. The van der Waals surface area contributed by atoms with Gasteiger partial charge < -0.3 is 29.9 Å². The van der Waals surface area contributed by atoms with Crippen LogP contribution in [-0.2, 0) is 26.1 Å². The Morgan fingerprint density at radius 1 is 1.28 bits per heavy atom. The molecule has 0 unspecified atom stereocenters. The van der Waals surface area contributed by atoms with Crippen molar-refractivity contribution in [3.05, 3.63) is 47.0 Å². The molecule has 2 rings (SSSR count). The Morgan fingerprint density at radius 2 is 1.97 bits per heavy atom. The normalized spacial score (nSPS) is 30.8. The molecule has 1 aromatic rings. The highest BCUT2D eigenvalue weighted by atomic mass is 16.6. The van der Waals surface area contributed by atoms with Gasteiger partial charge >= 0.3 is 5.97 Å². The van der Waals surface area contributed by atoms with Crippen molar-refractivity contribution >= 4 is 5.97 Å². The lowest BCUT2D eigenvalue weighted by Crippen LogP contribution is -2.41. The molecule has 0 spiro atoms. The van der Waals surface area contributed by atoms with Crippen molar-refractivity contribution in [2.75, 3.05) is 13.7 Å². The van der Waals surface area contributed by atoms with Crippen LogP contribution in [0.3, 0.4) is 0 Å². The van der Waals surface area contributed by atoms with Crippen LogP contribution in [0, 0.1) is 5.92 Å². The summed E-state index contributed by atoms with van der Waals surface area (Å²) in [4.78, 5) is 12.7. The maximum Gasteiger partial charge on any atom is 0.338 e. The number of benzene rings is 1. The third kappa shape index (κ3) is 6.62. The maximum atomic E-state index is 12.7. The van der Waals surface area contributed by atoms with Crippen molar-refractivity contribution in [2.24, 2.45) is 5.92 Å². The molecular weight excluding hydrogens is 412 g/mol. The minimum Gasteiger partial charge on any atom is -0.456 e. The molecule has 0 amide bonds. The number of carbonyl (C=O) groups is 1. The van der Waals surface area contributed by atoms with Crippen LogP contribution in [0.25, 0.3) is 0 Å². The van der Waals surface area contributed by atoms with Crippen molar-refractivity contribution in [3.63, 3.8) is 0 Å². The maximum absolute atomic E-state index is 12.7. The molecule has 7 heteroatoms. The first kappa shape index (κ1) is 26.5. The van der Waals surface area contributed by atoms with E-state index in [2.05, 4.69) is 0 Å². The third-order valence-electron chi connectivity index (χ3n) is 6.45. The monoisotopic (exact) mass is 450 g/mol. The highest BCUT2D eigenvalue weighted by Crippen LogP contribution is 2.32. The van der Waals surface area contributed by atoms with Crippen LogP contribution in [0.1, 0.15) is 51.7 Å². The fourth-order valence-corrected chi connectivity index (χ4v) is 4.02. The zero-order chi connectivity index (χ0) is 24.1. The lowest BCUT2D eigenvalue weighted by atomic mass is 9.76. The molecule has 1 aliphatic rings. The second-order valence-corrected chi connectivity index (χ2v) is 9.48. The first-order valence-corrected chi connectivity index (χ1v) is 11.2. The smallest absolute Gasteiger partial charge is 0.338 e. The highest BCUT2D eigenvalue weighted by molar-refractivity contribution is 5.75. The van der Waals surface area contributed by atoms with E-state index in [9.17, 15) is 25.2 Å². The van der Waals surface area contributed by atoms with Gasteiger partial charge in [0.15, 0.2) is 6.10 Å². The molecule has 32 heavy (non-hydrogen) atoms. The molecule has 1 aliphatic heterocycles. The zero-order valence-electron chi connectivity index (χ0n) is 19.7. The van der Waals surface area contributed by atoms with E-state index in [1.807, 2.05) is 51.1 Å². The summed E-state index contributed by atoms with van der Waals surface area (Å²) < 4.78 is 11.2. The van der Waals surface area contributed by atoms with Crippen LogP contribution < -0.4 is 0 Å². The van der Waals surface area contributed by atoms with Crippen molar-refractivity contribution in [3.8, 4) is 0 Å². The summed E-state index contributed by atoms with van der Waals surface area (Å²) >= 11 is 0. The number of fused-ring (bicyclic) bond motifs is 2. The number of hydrogen-bond acceptors (Lipinski definition) is 7. The van der Waals surface area contributed by atoms with E-state index >= 15 is 0 Å². The Labute approximate surface area is 190 Å². The summed E-state index contributed by atoms with van der Waals surface area (Å²) in [5, 5.41) is 41.4. The molecule has 1 heterocycles. The standard InChI is InChI=1S/C25H38O7/c1-15(14-26)9-16(2)21-12-19(31-5)13-22(28)25(3,4)18-8-6-7-17(10-18)11-20(27)23(29)24(30)32-21/h6-10,15,19-23,26-29H,11-14H2,1-5H3/b16-9-/t15-,19-,20+,21+,22+,23-/m1/s1. The number of cyclic esters (lactones) is 1. The van der Waals surface area contributed by atoms with Gasteiger partial charge in [0.1, 0.15) is 6.10 Å². The molecule has 0 aliphatic carbocycles. The third-order valence-corrected chi connectivity index (χ3v) is 6.45. The van der Waals surface area contributed by atoms with Gasteiger partial charge in [0.2, 0.25) is 0 Å². The second-order valence-electron chi connectivity index (χ2n) is 9.48. The quantitative estimate of drug-likeness (QED) is 0.409. The molecule has 0 radical (unpaired) electrons. The number of methoxy groups -OCH3 is 1. The molecule has 180 valence electrons. The minimum atomic E-state index is -1.70. The molecule has 0 saturated carbocycles. The van der Waals surface area contributed by atoms with Crippen LogP contribution in [0.5, 0.6) is 0 Å². The number of aliphatic hydroxyl groups excluding tert-OH is 4. The van der Waals surface area contributed by atoms with Crippen molar-refractivity contribution < 1.29 is 34.7 Å². The van der Waals surface area contributed by atoms with Gasteiger partial charge in [-0.1, -0.05) is 51.1 Å². The summed E-state index contributed by atoms with van der Waals surface area (Å²) in [5.41, 5.74) is 1.74. The van der Waals surface area contributed by atoms with Gasteiger partial charge in [0.25, 0.3) is 0 Å². The van der Waals surface area contributed by atoms with E-state index in [4.69, 9.17) is 9.47 Å². The Kier molecular flexibility index (Phi) is 9.42. The molecule has 0 saturated heterocycles. The van der Waals surface area contributed by atoms with Crippen LogP contribution >= 0.6 is 0 Å². The minimum absolute atomic E-state index is 0.0578. The summed E-state index contributed by atoms with van der Waals surface area (Å²) in [5.74, 6) is -1.07. The fourth-order valence-electron chi connectivity index (χ4n) is 4.02. The summed E-state index contributed by atoms with van der Waals surface area (Å²) in [6, 6.07) is 7.44. The van der Waals surface area contributed by atoms with Gasteiger partial charge in [-0.25, -0.2) is 4.79 Å². The lowest BCUT2D eigenvalue weighted by Gasteiger charge is -2.35. The number of rotatable bonds is 4. The molecule has 0 fully saturated rings. The van der Waals surface area contributed by atoms with Crippen LogP contribution in [0.2, 0.25) is 0 Å². The van der Waals surface area contributed by atoms with Crippen molar-refractivity contribution in [1.82, 2.24) is 0 Å². The average Bonchev–Trinajstić information content (AvgIpc) is 2.76. The van der Waals surface area contributed by atoms with E-state index in [0.717, 1.165) is 11.1 Å². The number of aliphatic hydroxyl groups is 4. The average molecular weight is 451 g/mol. The van der Waals surface area contributed by atoms with Gasteiger partial charge in [-0.05, 0) is 29.5 Å². The van der Waals surface area contributed by atoms with E-state index in [1.165, 1.54) is 0 Å². The van der Waals surface area contributed by atoms with Crippen LogP contribution in [0.15, 0.2) is 35.9 Å². The molecule has 6 atom stereocenters. The first-order chi connectivity index (χ1) is 15.0. The Hall–Kier alpha value is -1.77. The highest BCUT2D eigenvalue weighted by Gasteiger charge is 2.35.